The van der Waals surface area contributed by atoms with Crippen LogP contribution >= 0.6 is 0 Å². The molecule has 5 aromatic rings. The van der Waals surface area contributed by atoms with E-state index in [1.165, 1.54) is 48.6 Å². The molecule has 60 heavy (non-hydrogen) atoms. The summed E-state index contributed by atoms with van der Waals surface area (Å²) in [6, 6.07) is 36.4. The fraction of sp³-hybridized carbons (Fsp3) is 0.0417. The summed E-state index contributed by atoms with van der Waals surface area (Å²) in [6.07, 6.45) is 9.78. The molecule has 12 heteroatoms. The fourth-order valence-electron chi connectivity index (χ4n) is 7.96. The third kappa shape index (κ3) is 6.57. The van der Waals surface area contributed by atoms with Crippen LogP contribution in [0, 0.1) is 0 Å². The molecule has 4 heterocycles. The lowest BCUT2D eigenvalue weighted by molar-refractivity contribution is -0.121. The zero-order valence-electron chi connectivity index (χ0n) is 31.4. The van der Waals surface area contributed by atoms with Crippen LogP contribution in [0.5, 0.6) is 0 Å². The second kappa shape index (κ2) is 14.8. The molecule has 12 nitrogen and oxygen atoms in total. The quantitative estimate of drug-likeness (QED) is 0.128. The van der Waals surface area contributed by atoms with Gasteiger partial charge in [0.2, 0.25) is 0 Å². The number of hydrogen-bond acceptors (Lipinski definition) is 8. The van der Waals surface area contributed by atoms with Gasteiger partial charge in [-0.2, -0.15) is 0 Å². The van der Waals surface area contributed by atoms with Crippen LogP contribution < -0.4 is 19.6 Å². The van der Waals surface area contributed by atoms with Gasteiger partial charge in [0.25, 0.3) is 47.3 Å². The predicted octanol–water partition coefficient (Wildman–Crippen LogP) is 5.76. The van der Waals surface area contributed by atoms with E-state index in [0.29, 0.717) is 22.7 Å². The molecule has 0 aromatic heterocycles. The van der Waals surface area contributed by atoms with Crippen LogP contribution in [-0.4, -0.2) is 47.3 Å². The molecule has 0 saturated heterocycles. The molecule has 0 spiro atoms. The SMILES string of the molecule is O=C1C=CC(=O)N1c1ccc(C(c2ccc(N3C(=O)C=CC3=O)cc2)c2cccc(C(c3ccc(N4C(=O)C=CC4=O)cc3)c3ccc(N4C(=O)C=CC4=O)cc3)c2)cc1. The molecule has 0 saturated carbocycles. The van der Waals surface area contributed by atoms with E-state index < -0.39 is 59.1 Å². The first-order chi connectivity index (χ1) is 29.0. The monoisotopic (exact) mass is 790 g/mol. The zero-order valence-corrected chi connectivity index (χ0v) is 31.4. The first kappa shape index (κ1) is 37.2. The Labute approximate surface area is 342 Å². The van der Waals surface area contributed by atoms with Crippen molar-refractivity contribution in [2.45, 2.75) is 11.8 Å². The van der Waals surface area contributed by atoms with Crippen molar-refractivity contribution >= 4 is 70.0 Å². The lowest BCUT2D eigenvalue weighted by Gasteiger charge is -2.25. The summed E-state index contributed by atoms with van der Waals surface area (Å²) in [7, 11) is 0. The van der Waals surface area contributed by atoms with Crippen molar-refractivity contribution in [2.75, 3.05) is 19.6 Å². The van der Waals surface area contributed by atoms with E-state index in [0.717, 1.165) is 53.0 Å². The Morgan fingerprint density at radius 3 is 0.650 bits per heavy atom. The number of carbonyl (C=O) groups excluding carboxylic acids is 8. The van der Waals surface area contributed by atoms with Gasteiger partial charge >= 0.3 is 0 Å². The van der Waals surface area contributed by atoms with E-state index in [9.17, 15) is 38.4 Å². The number of benzene rings is 5. The molecule has 8 amide bonds. The Bertz CT molecular complexity index is 2390. The summed E-state index contributed by atoms with van der Waals surface area (Å²) in [4.78, 5) is 104. The normalized spacial score (nSPS) is 16.2. The molecule has 290 valence electrons. The summed E-state index contributed by atoms with van der Waals surface area (Å²) < 4.78 is 0. The van der Waals surface area contributed by atoms with E-state index >= 15 is 0 Å². The van der Waals surface area contributed by atoms with Crippen LogP contribution in [0.4, 0.5) is 22.7 Å². The first-order valence-electron chi connectivity index (χ1n) is 18.8. The summed E-state index contributed by atoms with van der Waals surface area (Å²) >= 11 is 0. The van der Waals surface area contributed by atoms with E-state index in [-0.39, 0.29) is 0 Å². The van der Waals surface area contributed by atoms with Crippen molar-refractivity contribution in [2.24, 2.45) is 0 Å². The summed E-state index contributed by atoms with van der Waals surface area (Å²) in [5, 5.41) is 0. The molecule has 9 rings (SSSR count). The Morgan fingerprint density at radius 2 is 0.450 bits per heavy atom. The van der Waals surface area contributed by atoms with Crippen LogP contribution in [0.15, 0.2) is 170 Å². The van der Waals surface area contributed by atoms with Gasteiger partial charge in [0.1, 0.15) is 0 Å². The van der Waals surface area contributed by atoms with E-state index in [4.69, 9.17) is 0 Å². The number of imide groups is 4. The van der Waals surface area contributed by atoms with Crippen LogP contribution in [0.1, 0.15) is 45.2 Å². The third-order valence-corrected chi connectivity index (χ3v) is 10.8. The van der Waals surface area contributed by atoms with Crippen LogP contribution in [0.25, 0.3) is 0 Å². The molecule has 0 fully saturated rings. The average molecular weight is 791 g/mol. The molecular weight excluding hydrogens is 761 g/mol. The fourth-order valence-corrected chi connectivity index (χ4v) is 7.96. The number of nitrogens with zero attached hydrogens (tertiary/aromatic N) is 4. The minimum atomic E-state index is -0.439. The van der Waals surface area contributed by atoms with Crippen molar-refractivity contribution < 1.29 is 38.4 Å². The maximum absolute atomic E-state index is 12.5. The second-order valence-corrected chi connectivity index (χ2v) is 14.3. The van der Waals surface area contributed by atoms with Gasteiger partial charge in [-0.1, -0.05) is 72.8 Å². The van der Waals surface area contributed by atoms with Crippen LogP contribution in [-0.2, 0) is 38.4 Å². The number of anilines is 4. The van der Waals surface area contributed by atoms with Gasteiger partial charge in [-0.25, -0.2) is 19.6 Å². The lowest BCUT2D eigenvalue weighted by Crippen LogP contribution is -2.29. The highest BCUT2D eigenvalue weighted by Crippen LogP contribution is 2.39. The van der Waals surface area contributed by atoms with Crippen molar-refractivity contribution in [3.63, 3.8) is 0 Å². The predicted molar refractivity (Wildman–Crippen MR) is 221 cm³/mol. The molecule has 0 aliphatic carbocycles. The Morgan fingerprint density at radius 1 is 0.250 bits per heavy atom. The van der Waals surface area contributed by atoms with Gasteiger partial charge in [0.15, 0.2) is 0 Å². The molecule has 4 aliphatic rings. The average Bonchev–Trinajstić information content (AvgIpc) is 4.00. The minimum Gasteiger partial charge on any atom is -0.269 e. The highest BCUT2D eigenvalue weighted by atomic mass is 16.2. The van der Waals surface area contributed by atoms with Gasteiger partial charge < -0.3 is 0 Å². The van der Waals surface area contributed by atoms with Gasteiger partial charge in [-0.15, -0.1) is 0 Å². The minimum absolute atomic E-state index is 0.410. The van der Waals surface area contributed by atoms with Gasteiger partial charge in [0.05, 0.1) is 22.7 Å². The molecule has 4 aliphatic heterocycles. The topological polar surface area (TPSA) is 150 Å². The van der Waals surface area contributed by atoms with Gasteiger partial charge in [0, 0.05) is 60.4 Å². The maximum atomic E-state index is 12.5. The molecule has 0 radical (unpaired) electrons. The molecular formula is C48H30N4O8. The highest BCUT2D eigenvalue weighted by molar-refractivity contribution is 6.30. The second-order valence-electron chi connectivity index (χ2n) is 14.3. The standard InChI is InChI=1S/C48H30N4O8/c53-39-20-21-40(54)49(39)35-12-4-29(5-13-35)47(30-6-14-36(15-7-30)50-41(55)22-23-42(50)56)33-2-1-3-34(28-33)48(31-8-16-37(17-9-31)51-43(57)24-25-44(51)58)32-10-18-38(19-11-32)52-45(59)26-27-46(52)60/h1-28,47-48H. The molecule has 0 bridgehead atoms. The molecule has 5 aromatic carbocycles. The van der Waals surface area contributed by atoms with E-state index in [2.05, 4.69) is 6.07 Å². The van der Waals surface area contributed by atoms with E-state index in [1.807, 2.05) is 66.7 Å². The van der Waals surface area contributed by atoms with E-state index in [1.54, 1.807) is 48.5 Å². The van der Waals surface area contributed by atoms with Gasteiger partial charge in [-0.05, 0) is 81.9 Å². The molecule has 0 atom stereocenters. The Hall–Kier alpha value is -8.38. The Kier molecular flexibility index (Phi) is 9.21. The summed E-state index contributed by atoms with van der Waals surface area (Å²) in [5.74, 6) is -4.37. The third-order valence-electron chi connectivity index (χ3n) is 10.8. The zero-order chi connectivity index (χ0) is 41.7. The Balaban J connectivity index is 1.13. The number of hydrogen-bond donors (Lipinski definition) is 0. The maximum Gasteiger partial charge on any atom is 0.258 e. The van der Waals surface area contributed by atoms with Crippen molar-refractivity contribution in [1.82, 2.24) is 0 Å². The lowest BCUT2D eigenvalue weighted by atomic mass is 9.80. The van der Waals surface area contributed by atoms with Crippen molar-refractivity contribution in [3.05, 3.63) is 203 Å². The highest BCUT2D eigenvalue weighted by Gasteiger charge is 2.30. The van der Waals surface area contributed by atoms with Crippen LogP contribution in [0.3, 0.4) is 0 Å². The molecule has 0 unspecified atom stereocenters. The van der Waals surface area contributed by atoms with Crippen molar-refractivity contribution in [3.8, 4) is 0 Å². The summed E-state index contributed by atoms with van der Waals surface area (Å²) in [6.45, 7) is 0. The largest absolute Gasteiger partial charge is 0.269 e. The number of carbonyl (C=O) groups is 8. The van der Waals surface area contributed by atoms with Crippen molar-refractivity contribution in [1.29, 1.82) is 0 Å². The smallest absolute Gasteiger partial charge is 0.258 e. The van der Waals surface area contributed by atoms with Crippen LogP contribution in [0.2, 0.25) is 0 Å². The van der Waals surface area contributed by atoms with Gasteiger partial charge in [-0.3, -0.25) is 38.4 Å². The summed E-state index contributed by atoms with van der Waals surface area (Å²) in [5.41, 5.74) is 6.63. The molecule has 0 N–H and O–H groups in total. The first-order valence-corrected chi connectivity index (χ1v) is 18.8. The number of rotatable bonds is 10. The number of amides is 8.